The van der Waals surface area contributed by atoms with Crippen molar-refractivity contribution in [1.82, 2.24) is 25.9 Å². The molecular weight excluding hydrogens is 662 g/mol. The van der Waals surface area contributed by atoms with E-state index in [2.05, 4.69) is 25.9 Å². The van der Waals surface area contributed by atoms with E-state index in [-0.39, 0.29) is 25.6 Å². The van der Waals surface area contributed by atoms with Crippen molar-refractivity contribution in [2.75, 3.05) is 7.11 Å². The van der Waals surface area contributed by atoms with Crippen molar-refractivity contribution >= 4 is 18.1 Å². The number of hydrogen-bond donors (Lipinski definition) is 4. The first-order chi connectivity index (χ1) is 25.1. The molecule has 12 heteroatoms. The monoisotopic (exact) mass is 711 g/mol. The van der Waals surface area contributed by atoms with Crippen LogP contribution in [0.2, 0.25) is 0 Å². The minimum Gasteiger partial charge on any atom is -0.495 e. The van der Waals surface area contributed by atoms with E-state index in [1.54, 1.807) is 43.8 Å². The molecule has 2 heterocycles. The van der Waals surface area contributed by atoms with Gasteiger partial charge in [-0.25, -0.2) is 9.59 Å². The van der Waals surface area contributed by atoms with Gasteiger partial charge in [0.05, 0.1) is 30.6 Å². The van der Waals surface area contributed by atoms with Crippen LogP contribution in [0.15, 0.2) is 97.3 Å². The zero-order valence-corrected chi connectivity index (χ0v) is 30.2. The number of methoxy groups -OCH3 is 1. The summed E-state index contributed by atoms with van der Waals surface area (Å²) in [5, 5.41) is 20.3. The zero-order chi connectivity index (χ0) is 37.3. The van der Waals surface area contributed by atoms with Gasteiger partial charge in [0.1, 0.15) is 25.0 Å². The first kappa shape index (κ1) is 39.3. The SMILES string of the molecule is CCc1nc(COC(=O)N[C@H](C(=O)N[C@@H](Cc2ccccc2)C[C@H](O)[C@H](Cc2ccccc2)NC(=O)OCc2cccnc2)C(C)C)ccc1OC. The second-order valence-electron chi connectivity index (χ2n) is 12.8. The molecule has 52 heavy (non-hydrogen) atoms. The predicted octanol–water partition coefficient (Wildman–Crippen LogP) is 5.31. The molecule has 0 radical (unpaired) electrons. The fourth-order valence-electron chi connectivity index (χ4n) is 5.71. The summed E-state index contributed by atoms with van der Waals surface area (Å²) in [5.74, 6) is -0.0625. The summed E-state index contributed by atoms with van der Waals surface area (Å²) in [5.41, 5.74) is 3.87. The van der Waals surface area contributed by atoms with Crippen LogP contribution in [0.3, 0.4) is 0 Å². The van der Waals surface area contributed by atoms with Crippen LogP contribution in [0.1, 0.15) is 55.3 Å². The molecule has 4 rings (SSSR count). The number of benzene rings is 2. The number of aryl methyl sites for hydroxylation is 1. The van der Waals surface area contributed by atoms with Crippen LogP contribution < -0.4 is 20.7 Å². The summed E-state index contributed by atoms with van der Waals surface area (Å²) < 4.78 is 16.2. The van der Waals surface area contributed by atoms with Crippen molar-refractivity contribution in [3.05, 3.63) is 125 Å². The lowest BCUT2D eigenvalue weighted by atomic mass is 9.93. The molecular formula is C40H49N5O7. The Bertz CT molecular complexity index is 1690. The van der Waals surface area contributed by atoms with E-state index in [0.717, 1.165) is 22.4 Å². The van der Waals surface area contributed by atoms with Crippen molar-refractivity contribution in [2.24, 2.45) is 5.92 Å². The van der Waals surface area contributed by atoms with Gasteiger partial charge in [-0.1, -0.05) is 87.5 Å². The number of aromatic nitrogens is 2. The molecule has 0 bridgehead atoms. The predicted molar refractivity (Wildman–Crippen MR) is 196 cm³/mol. The molecule has 0 spiro atoms. The number of ether oxygens (including phenoxy) is 3. The van der Waals surface area contributed by atoms with Crippen molar-refractivity contribution in [1.29, 1.82) is 0 Å². The van der Waals surface area contributed by atoms with Gasteiger partial charge in [-0.15, -0.1) is 0 Å². The lowest BCUT2D eigenvalue weighted by Crippen LogP contribution is -2.54. The third-order valence-electron chi connectivity index (χ3n) is 8.47. The number of aliphatic hydroxyl groups is 1. The molecule has 4 atom stereocenters. The van der Waals surface area contributed by atoms with E-state index in [1.807, 2.05) is 81.4 Å². The van der Waals surface area contributed by atoms with Gasteiger partial charge in [0, 0.05) is 24.0 Å². The Morgan fingerprint density at radius 1 is 0.769 bits per heavy atom. The molecule has 0 aliphatic rings. The van der Waals surface area contributed by atoms with Gasteiger partial charge in [0.15, 0.2) is 0 Å². The average molecular weight is 712 g/mol. The lowest BCUT2D eigenvalue weighted by molar-refractivity contribution is -0.125. The largest absolute Gasteiger partial charge is 0.495 e. The van der Waals surface area contributed by atoms with Crippen molar-refractivity contribution < 1.29 is 33.7 Å². The first-order valence-corrected chi connectivity index (χ1v) is 17.5. The topological polar surface area (TPSA) is 161 Å². The highest BCUT2D eigenvalue weighted by Crippen LogP contribution is 2.18. The maximum absolute atomic E-state index is 13.8. The Hall–Kier alpha value is -5.49. The third kappa shape index (κ3) is 12.7. The van der Waals surface area contributed by atoms with E-state index >= 15 is 0 Å². The molecule has 3 amide bonds. The Balaban J connectivity index is 1.45. The van der Waals surface area contributed by atoms with Gasteiger partial charge in [-0.2, -0.15) is 0 Å². The highest BCUT2D eigenvalue weighted by molar-refractivity contribution is 5.86. The number of aliphatic hydroxyl groups excluding tert-OH is 1. The summed E-state index contributed by atoms with van der Waals surface area (Å²) in [6.45, 7) is 5.53. The fourth-order valence-corrected chi connectivity index (χ4v) is 5.71. The molecule has 0 saturated carbocycles. The number of alkyl carbamates (subject to hydrolysis) is 2. The summed E-state index contributed by atoms with van der Waals surface area (Å²) >= 11 is 0. The fraction of sp³-hybridized carbons (Fsp3) is 0.375. The van der Waals surface area contributed by atoms with Crippen LogP contribution in [0, 0.1) is 5.92 Å². The molecule has 276 valence electrons. The second kappa shape index (κ2) is 20.4. The molecule has 4 aromatic rings. The number of carbonyl (C=O) groups is 3. The Morgan fingerprint density at radius 2 is 1.40 bits per heavy atom. The third-order valence-corrected chi connectivity index (χ3v) is 8.47. The van der Waals surface area contributed by atoms with Crippen molar-refractivity contribution in [3.8, 4) is 5.75 Å². The first-order valence-electron chi connectivity index (χ1n) is 17.5. The number of amides is 3. The van der Waals surface area contributed by atoms with E-state index < -0.39 is 42.3 Å². The molecule has 0 aliphatic carbocycles. The van der Waals surface area contributed by atoms with Gasteiger partial charge in [0.2, 0.25) is 5.91 Å². The highest BCUT2D eigenvalue weighted by Gasteiger charge is 2.30. The zero-order valence-electron chi connectivity index (χ0n) is 30.2. The van der Waals surface area contributed by atoms with Crippen LogP contribution in [0.25, 0.3) is 0 Å². The van der Waals surface area contributed by atoms with Crippen molar-refractivity contribution in [3.63, 3.8) is 0 Å². The number of pyridine rings is 2. The van der Waals surface area contributed by atoms with Crippen molar-refractivity contribution in [2.45, 2.75) is 83.9 Å². The van der Waals surface area contributed by atoms with Crippen LogP contribution in [0.4, 0.5) is 9.59 Å². The van der Waals surface area contributed by atoms with Crippen LogP contribution >= 0.6 is 0 Å². The Labute approximate surface area is 305 Å². The molecule has 0 fully saturated rings. The number of nitrogens with zero attached hydrogens (tertiary/aromatic N) is 2. The maximum Gasteiger partial charge on any atom is 0.408 e. The number of nitrogens with one attached hydrogen (secondary N) is 3. The number of hydrogen-bond acceptors (Lipinski definition) is 9. The molecule has 12 nitrogen and oxygen atoms in total. The standard InChI is InChI=1S/C40H49N5O7/c1-5-33-36(50-4)19-18-31(42-33)26-52-40(49)45-37(27(2)3)38(47)43-32(21-28-13-8-6-9-14-28)23-35(46)34(22-29-15-10-7-11-16-29)44-39(48)51-25-30-17-12-20-41-24-30/h6-20,24,27,32,34-35,37,46H,5,21-23,25-26H2,1-4H3,(H,43,47)(H,44,48)(H,45,49)/t32-,34-,35-,37-/m0/s1. The van der Waals surface area contributed by atoms with Gasteiger partial charge in [0.25, 0.3) is 0 Å². The van der Waals surface area contributed by atoms with Crippen LogP contribution in [0.5, 0.6) is 5.75 Å². The number of carbonyl (C=O) groups excluding carboxylic acids is 3. The quantitative estimate of drug-likeness (QED) is 0.107. The van der Waals surface area contributed by atoms with E-state index in [1.165, 1.54) is 0 Å². The molecule has 2 aromatic carbocycles. The van der Waals surface area contributed by atoms with Gasteiger partial charge < -0.3 is 35.3 Å². The average Bonchev–Trinajstić information content (AvgIpc) is 3.15. The Kier molecular flexibility index (Phi) is 15.4. The van der Waals surface area contributed by atoms with E-state index in [4.69, 9.17) is 14.2 Å². The molecule has 0 unspecified atom stereocenters. The van der Waals surface area contributed by atoms with Gasteiger partial charge >= 0.3 is 12.2 Å². The van der Waals surface area contributed by atoms with E-state index in [9.17, 15) is 19.5 Å². The van der Waals surface area contributed by atoms with E-state index in [0.29, 0.717) is 30.7 Å². The normalized spacial score (nSPS) is 13.3. The molecule has 2 aromatic heterocycles. The summed E-state index contributed by atoms with van der Waals surface area (Å²) in [7, 11) is 1.57. The maximum atomic E-state index is 13.8. The second-order valence-corrected chi connectivity index (χ2v) is 12.8. The summed E-state index contributed by atoms with van der Waals surface area (Å²) in [6.07, 6.45) is 2.17. The van der Waals surface area contributed by atoms with Gasteiger partial charge in [-0.05, 0) is 60.9 Å². The minimum atomic E-state index is -1.08. The van der Waals surface area contributed by atoms with Gasteiger partial charge in [-0.3, -0.25) is 14.8 Å². The molecule has 4 N–H and O–H groups in total. The Morgan fingerprint density at radius 3 is 2.02 bits per heavy atom. The highest BCUT2D eigenvalue weighted by atomic mass is 16.6. The lowest BCUT2D eigenvalue weighted by Gasteiger charge is -2.30. The molecule has 0 aliphatic heterocycles. The smallest absolute Gasteiger partial charge is 0.408 e. The summed E-state index contributed by atoms with van der Waals surface area (Å²) in [6, 6.07) is 23.9. The number of rotatable bonds is 18. The minimum absolute atomic E-state index is 0.0168. The van der Waals surface area contributed by atoms with Crippen LogP contribution in [-0.4, -0.2) is 64.5 Å². The summed E-state index contributed by atoms with van der Waals surface area (Å²) in [4.78, 5) is 48.2. The molecule has 0 saturated heterocycles. The van der Waals surface area contributed by atoms with Crippen LogP contribution in [-0.2, 0) is 46.7 Å².